The third-order valence-corrected chi connectivity index (χ3v) is 2.98. The molecule has 0 bridgehead atoms. The van der Waals surface area contributed by atoms with E-state index in [-0.39, 0.29) is 5.91 Å². The van der Waals surface area contributed by atoms with E-state index in [1.807, 2.05) is 0 Å². The summed E-state index contributed by atoms with van der Waals surface area (Å²) in [6, 6.07) is 1.68. The van der Waals surface area contributed by atoms with Crippen LogP contribution in [0.1, 0.15) is 15.9 Å². The van der Waals surface area contributed by atoms with E-state index < -0.39 is 0 Å². The Morgan fingerprint density at radius 3 is 3.00 bits per heavy atom. The number of nitrogens with one attached hydrogen (secondary N) is 2. The van der Waals surface area contributed by atoms with Crippen LogP contribution in [-0.4, -0.2) is 33.0 Å². The molecule has 2 rings (SSSR count). The van der Waals surface area contributed by atoms with E-state index >= 15 is 0 Å². The van der Waals surface area contributed by atoms with Crippen LogP contribution in [0.4, 0.5) is 5.82 Å². The molecular formula is C11H13BrN6O. The van der Waals surface area contributed by atoms with Gasteiger partial charge in [0.2, 0.25) is 0 Å². The lowest BCUT2D eigenvalue weighted by molar-refractivity contribution is 0.0785. The first-order valence-electron chi connectivity index (χ1n) is 5.47. The maximum Gasteiger partial charge on any atom is 0.257 e. The SMILES string of the molecule is CN(Cc1cn[nH]c1)C(=O)c1cc(Br)cnc1NN. The number of nitrogens with two attached hydrogens (primary N) is 1. The van der Waals surface area contributed by atoms with E-state index in [0.29, 0.717) is 22.4 Å². The Balaban J connectivity index is 2.21. The number of aromatic amines is 1. The number of halogens is 1. The highest BCUT2D eigenvalue weighted by atomic mass is 79.9. The zero-order chi connectivity index (χ0) is 13.8. The standard InChI is InChI=1S/C11H13BrN6O/c1-18(6-7-3-15-16-4-7)11(19)9-2-8(12)5-14-10(9)17-13/h2-5H,6,13H2,1H3,(H,14,17)(H,15,16). The van der Waals surface area contributed by atoms with Gasteiger partial charge in [-0.05, 0) is 22.0 Å². The molecule has 4 N–H and O–H groups in total. The maximum atomic E-state index is 12.3. The van der Waals surface area contributed by atoms with E-state index in [2.05, 4.69) is 36.5 Å². The number of hydrogen-bond acceptors (Lipinski definition) is 5. The van der Waals surface area contributed by atoms with Crippen molar-refractivity contribution in [1.29, 1.82) is 0 Å². The van der Waals surface area contributed by atoms with Gasteiger partial charge in [-0.2, -0.15) is 5.10 Å². The van der Waals surface area contributed by atoms with Crippen LogP contribution in [0.25, 0.3) is 0 Å². The Morgan fingerprint density at radius 1 is 1.58 bits per heavy atom. The average Bonchev–Trinajstić information content (AvgIpc) is 2.90. The summed E-state index contributed by atoms with van der Waals surface area (Å²) < 4.78 is 0.714. The number of pyridine rings is 1. The minimum Gasteiger partial charge on any atom is -0.337 e. The number of hydrazine groups is 1. The van der Waals surface area contributed by atoms with Gasteiger partial charge >= 0.3 is 0 Å². The molecule has 8 heteroatoms. The molecule has 2 aromatic rings. The fraction of sp³-hybridized carbons (Fsp3) is 0.182. The topological polar surface area (TPSA) is 99.9 Å². The molecule has 0 aromatic carbocycles. The summed E-state index contributed by atoms with van der Waals surface area (Å²) in [5.41, 5.74) is 3.74. The molecule has 1 amide bonds. The molecule has 2 aromatic heterocycles. The highest BCUT2D eigenvalue weighted by Gasteiger charge is 2.17. The Labute approximate surface area is 118 Å². The number of anilines is 1. The van der Waals surface area contributed by atoms with E-state index in [9.17, 15) is 4.79 Å². The summed E-state index contributed by atoms with van der Waals surface area (Å²) in [5.74, 6) is 5.52. The zero-order valence-electron chi connectivity index (χ0n) is 10.2. The van der Waals surface area contributed by atoms with Crippen molar-refractivity contribution in [3.05, 3.63) is 40.3 Å². The summed E-state index contributed by atoms with van der Waals surface area (Å²) in [5, 5.41) is 6.55. The first kappa shape index (κ1) is 13.5. The number of hydrogen-bond donors (Lipinski definition) is 3. The van der Waals surface area contributed by atoms with Crippen molar-refractivity contribution in [2.75, 3.05) is 12.5 Å². The molecule has 2 heterocycles. The quantitative estimate of drug-likeness (QED) is 0.578. The second kappa shape index (κ2) is 5.81. The Bertz CT molecular complexity index is 571. The summed E-state index contributed by atoms with van der Waals surface area (Å²) >= 11 is 3.29. The molecule has 0 unspecified atom stereocenters. The van der Waals surface area contributed by atoms with Gasteiger partial charge in [0.15, 0.2) is 5.82 Å². The second-order valence-corrected chi connectivity index (χ2v) is 4.88. The van der Waals surface area contributed by atoms with E-state index in [1.165, 1.54) is 0 Å². The van der Waals surface area contributed by atoms with Gasteiger partial charge in [0.05, 0.1) is 11.8 Å². The maximum absolute atomic E-state index is 12.3. The van der Waals surface area contributed by atoms with Gasteiger partial charge in [-0.25, -0.2) is 10.8 Å². The van der Waals surface area contributed by atoms with Crippen molar-refractivity contribution >= 4 is 27.7 Å². The smallest absolute Gasteiger partial charge is 0.257 e. The third kappa shape index (κ3) is 3.09. The van der Waals surface area contributed by atoms with Crippen LogP contribution in [0.5, 0.6) is 0 Å². The molecule has 0 aliphatic rings. The van der Waals surface area contributed by atoms with Crippen LogP contribution in [0.3, 0.4) is 0 Å². The van der Waals surface area contributed by atoms with Crippen LogP contribution < -0.4 is 11.3 Å². The molecular weight excluding hydrogens is 312 g/mol. The van der Waals surface area contributed by atoms with Crippen LogP contribution in [0.15, 0.2) is 29.1 Å². The molecule has 0 radical (unpaired) electrons. The number of nitrogen functional groups attached to an aromatic ring is 1. The summed E-state index contributed by atoms with van der Waals surface area (Å²) in [7, 11) is 1.70. The van der Waals surface area contributed by atoms with Crippen LogP contribution in [-0.2, 0) is 6.54 Å². The molecule has 0 fully saturated rings. The second-order valence-electron chi connectivity index (χ2n) is 3.96. The lowest BCUT2D eigenvalue weighted by atomic mass is 10.2. The lowest BCUT2D eigenvalue weighted by Crippen LogP contribution is -2.28. The monoisotopic (exact) mass is 324 g/mol. The highest BCUT2D eigenvalue weighted by molar-refractivity contribution is 9.10. The number of carbonyl (C=O) groups is 1. The Hall–Kier alpha value is -1.93. The van der Waals surface area contributed by atoms with Gasteiger partial charge in [-0.3, -0.25) is 9.89 Å². The molecule has 0 aliphatic carbocycles. The minimum absolute atomic E-state index is 0.178. The summed E-state index contributed by atoms with van der Waals surface area (Å²) in [4.78, 5) is 18.0. The molecule has 0 saturated carbocycles. The number of amides is 1. The largest absolute Gasteiger partial charge is 0.337 e. The van der Waals surface area contributed by atoms with Crippen LogP contribution in [0.2, 0.25) is 0 Å². The van der Waals surface area contributed by atoms with Gasteiger partial charge in [-0.15, -0.1) is 0 Å². The molecule has 0 aliphatic heterocycles. The number of aromatic nitrogens is 3. The predicted molar refractivity (Wildman–Crippen MR) is 74.1 cm³/mol. The van der Waals surface area contributed by atoms with Crippen molar-refractivity contribution in [1.82, 2.24) is 20.1 Å². The third-order valence-electron chi connectivity index (χ3n) is 2.54. The van der Waals surface area contributed by atoms with Crippen LogP contribution >= 0.6 is 15.9 Å². The van der Waals surface area contributed by atoms with Gasteiger partial charge < -0.3 is 10.3 Å². The Morgan fingerprint density at radius 2 is 2.37 bits per heavy atom. The van der Waals surface area contributed by atoms with Crippen molar-refractivity contribution in [2.24, 2.45) is 5.84 Å². The average molecular weight is 325 g/mol. The van der Waals surface area contributed by atoms with E-state index in [1.54, 1.807) is 36.6 Å². The molecule has 0 saturated heterocycles. The van der Waals surface area contributed by atoms with Gasteiger partial charge in [0, 0.05) is 36.0 Å². The first-order chi connectivity index (χ1) is 9.11. The first-order valence-corrected chi connectivity index (χ1v) is 6.26. The van der Waals surface area contributed by atoms with E-state index in [4.69, 9.17) is 5.84 Å². The number of rotatable bonds is 4. The van der Waals surface area contributed by atoms with Crippen molar-refractivity contribution in [3.8, 4) is 0 Å². The normalized spacial score (nSPS) is 10.3. The Kier molecular flexibility index (Phi) is 4.13. The van der Waals surface area contributed by atoms with Crippen molar-refractivity contribution in [2.45, 2.75) is 6.54 Å². The van der Waals surface area contributed by atoms with Crippen molar-refractivity contribution in [3.63, 3.8) is 0 Å². The molecule has 100 valence electrons. The van der Waals surface area contributed by atoms with Crippen LogP contribution in [0, 0.1) is 0 Å². The van der Waals surface area contributed by atoms with Gasteiger partial charge in [-0.1, -0.05) is 0 Å². The minimum atomic E-state index is -0.178. The summed E-state index contributed by atoms with van der Waals surface area (Å²) in [6.45, 7) is 0.450. The number of nitrogens with zero attached hydrogens (tertiary/aromatic N) is 3. The molecule has 0 atom stereocenters. The van der Waals surface area contributed by atoms with Gasteiger partial charge in [0.25, 0.3) is 5.91 Å². The fourth-order valence-corrected chi connectivity index (χ4v) is 1.96. The molecule has 0 spiro atoms. The number of carbonyl (C=O) groups excluding carboxylic acids is 1. The number of H-pyrrole nitrogens is 1. The predicted octanol–water partition coefficient (Wildman–Crippen LogP) is 1.12. The molecule has 19 heavy (non-hydrogen) atoms. The highest BCUT2D eigenvalue weighted by Crippen LogP contribution is 2.19. The van der Waals surface area contributed by atoms with E-state index in [0.717, 1.165) is 5.56 Å². The summed E-state index contributed by atoms with van der Waals surface area (Å²) in [6.07, 6.45) is 4.98. The van der Waals surface area contributed by atoms with Crippen molar-refractivity contribution < 1.29 is 4.79 Å². The molecule has 7 nitrogen and oxygen atoms in total. The van der Waals surface area contributed by atoms with Gasteiger partial charge in [0.1, 0.15) is 0 Å². The zero-order valence-corrected chi connectivity index (χ0v) is 11.8. The lowest BCUT2D eigenvalue weighted by Gasteiger charge is -2.17. The fourth-order valence-electron chi connectivity index (χ4n) is 1.63.